The molecule has 269 valence electrons. The maximum absolute atomic E-state index is 4.40. The fraction of sp³-hybridized carbons (Fsp3) is 1.00. The van der Waals surface area contributed by atoms with Crippen LogP contribution in [0.2, 0.25) is 0 Å². The minimum Gasteiger partial charge on any atom is -0.300 e. The largest absolute Gasteiger partial charge is 0.300 e. The van der Waals surface area contributed by atoms with Crippen LogP contribution in [0.4, 0.5) is 0 Å². The summed E-state index contributed by atoms with van der Waals surface area (Å²) in [5, 5.41) is 34.5. The summed E-state index contributed by atoms with van der Waals surface area (Å²) in [4.78, 5) is 2.94. The van der Waals surface area contributed by atoms with Gasteiger partial charge in [-0.2, -0.15) is 0 Å². The van der Waals surface area contributed by atoms with Gasteiger partial charge in [-0.15, -0.1) is 0 Å². The van der Waals surface area contributed by atoms with Crippen LogP contribution in [0.1, 0.15) is 116 Å². The molecule has 10 heteroatoms. The second-order valence-electron chi connectivity index (χ2n) is 17.8. The number of rotatable bonds is 1. The topological polar surface area (TPSA) is 99.5 Å². The van der Waals surface area contributed by atoms with E-state index >= 15 is 0 Å². The molecule has 6 aliphatic heterocycles. The zero-order valence-electron chi connectivity index (χ0n) is 28.7. The van der Waals surface area contributed by atoms with E-state index in [9.17, 15) is 0 Å². The second-order valence-corrected chi connectivity index (χ2v) is 17.8. The molecule has 0 amide bonds. The molecule has 10 aliphatic rings. The van der Waals surface area contributed by atoms with Gasteiger partial charge < -0.3 is 0 Å². The molecule has 1 radical (unpaired) electrons. The van der Waals surface area contributed by atoms with Crippen LogP contribution < -0.4 is 42.5 Å². The second kappa shape index (κ2) is 13.9. The van der Waals surface area contributed by atoms with Crippen LogP contribution in [0.25, 0.3) is 0 Å². The van der Waals surface area contributed by atoms with Gasteiger partial charge in [0.15, 0.2) is 0 Å². The van der Waals surface area contributed by atoms with E-state index < -0.39 is 0 Å². The molecule has 17 atom stereocenters. The minimum absolute atomic E-state index is 0. The van der Waals surface area contributed by atoms with Gasteiger partial charge in [0.25, 0.3) is 0 Å². The summed E-state index contributed by atoms with van der Waals surface area (Å²) in [7, 11) is 0. The molecule has 9 nitrogen and oxygen atoms in total. The van der Waals surface area contributed by atoms with Crippen molar-refractivity contribution in [2.75, 3.05) is 13.1 Å². The van der Waals surface area contributed by atoms with E-state index in [0.717, 1.165) is 35.5 Å². The first-order valence-corrected chi connectivity index (χ1v) is 20.6. The summed E-state index contributed by atoms with van der Waals surface area (Å²) >= 11 is 0. The number of piperidine rings is 1. The van der Waals surface area contributed by atoms with Crippen molar-refractivity contribution in [1.29, 1.82) is 0 Å². The predicted molar refractivity (Wildman–Crippen MR) is 182 cm³/mol. The van der Waals surface area contributed by atoms with Gasteiger partial charge in [0.2, 0.25) is 0 Å². The van der Waals surface area contributed by atoms with Gasteiger partial charge in [0, 0.05) is 29.0 Å². The molecule has 0 aromatic heterocycles. The van der Waals surface area contributed by atoms with Gasteiger partial charge in [0.1, 0.15) is 0 Å². The summed E-state index contributed by atoms with van der Waals surface area (Å²) in [5.41, 5.74) is 0. The normalized spacial score (nSPS) is 54.5. The van der Waals surface area contributed by atoms with Crippen molar-refractivity contribution in [3.05, 3.63) is 0 Å². The molecule has 6 saturated heterocycles. The molecule has 47 heavy (non-hydrogen) atoms. The van der Waals surface area contributed by atoms with Gasteiger partial charge in [0.05, 0.1) is 49.3 Å². The monoisotopic (exact) mass is 698 g/mol. The first-order valence-electron chi connectivity index (χ1n) is 20.6. The van der Waals surface area contributed by atoms with E-state index in [1.54, 1.807) is 0 Å². The Labute approximate surface area is 295 Å². The molecule has 0 aromatic carbocycles. The number of nitrogens with one attached hydrogen (secondary N) is 8. The van der Waals surface area contributed by atoms with Crippen LogP contribution in [-0.2, 0) is 17.1 Å². The Kier molecular flexibility index (Phi) is 9.80. The third-order valence-electron chi connectivity index (χ3n) is 15.7. The Hall–Kier alpha value is 0.159. The third-order valence-corrected chi connectivity index (χ3v) is 15.7. The zero-order valence-corrected chi connectivity index (χ0v) is 29.6. The molecule has 0 aromatic rings. The van der Waals surface area contributed by atoms with E-state index in [0.29, 0.717) is 67.2 Å². The molecular formula is C37H65CuN9. The quantitative estimate of drug-likeness (QED) is 0.197. The fourth-order valence-corrected chi connectivity index (χ4v) is 13.7. The van der Waals surface area contributed by atoms with Crippen molar-refractivity contribution in [1.82, 2.24) is 47.4 Å². The molecule has 4 saturated carbocycles. The third kappa shape index (κ3) is 5.93. The van der Waals surface area contributed by atoms with E-state index in [2.05, 4.69) is 47.4 Å². The van der Waals surface area contributed by atoms with Crippen LogP contribution in [-0.4, -0.2) is 73.4 Å². The van der Waals surface area contributed by atoms with Crippen LogP contribution >= 0.6 is 0 Å². The van der Waals surface area contributed by atoms with Gasteiger partial charge >= 0.3 is 0 Å². The molecule has 8 bridgehead atoms. The number of hydrogen-bond donors (Lipinski definition) is 8. The van der Waals surface area contributed by atoms with Crippen molar-refractivity contribution < 1.29 is 17.1 Å². The smallest absolute Gasteiger partial charge is 0.0643 e. The van der Waals surface area contributed by atoms with Crippen molar-refractivity contribution >= 4 is 0 Å². The summed E-state index contributed by atoms with van der Waals surface area (Å²) in [6.45, 7) is 2.63. The van der Waals surface area contributed by atoms with Crippen molar-refractivity contribution in [3.63, 3.8) is 0 Å². The van der Waals surface area contributed by atoms with Crippen molar-refractivity contribution in [3.8, 4) is 0 Å². The molecule has 17 unspecified atom stereocenters. The van der Waals surface area contributed by atoms with E-state index in [1.165, 1.54) is 129 Å². The Morgan fingerprint density at radius 2 is 0.617 bits per heavy atom. The molecule has 8 N–H and O–H groups in total. The number of fused-ring (bicyclic) bond motifs is 20. The first-order chi connectivity index (χ1) is 22.8. The van der Waals surface area contributed by atoms with Crippen LogP contribution in [0.15, 0.2) is 0 Å². The maximum atomic E-state index is 4.40. The van der Waals surface area contributed by atoms with E-state index in [-0.39, 0.29) is 17.1 Å². The van der Waals surface area contributed by atoms with E-state index in [1.807, 2.05) is 0 Å². The Bertz CT molecular complexity index is 1070. The van der Waals surface area contributed by atoms with Gasteiger partial charge in [-0.3, -0.25) is 47.4 Å². The summed E-state index contributed by atoms with van der Waals surface area (Å²) < 4.78 is 0. The average Bonchev–Trinajstić information content (AvgIpc) is 3.84. The minimum atomic E-state index is 0. The number of hydrogen-bond acceptors (Lipinski definition) is 9. The summed E-state index contributed by atoms with van der Waals surface area (Å²) in [6, 6.07) is 0.715. The van der Waals surface area contributed by atoms with Crippen LogP contribution in [0, 0.1) is 47.3 Å². The van der Waals surface area contributed by atoms with Crippen molar-refractivity contribution in [2.24, 2.45) is 47.3 Å². The summed E-state index contributed by atoms with van der Waals surface area (Å²) in [5.74, 6) is 5.77. The number of nitrogens with zero attached hydrogens (tertiary/aromatic N) is 1. The van der Waals surface area contributed by atoms with Crippen LogP contribution in [0.3, 0.4) is 0 Å². The first kappa shape index (κ1) is 33.0. The molecule has 10 rings (SSSR count). The zero-order chi connectivity index (χ0) is 30.2. The molecule has 10 fully saturated rings. The Morgan fingerprint density at radius 3 is 1.00 bits per heavy atom. The van der Waals surface area contributed by atoms with E-state index in [4.69, 9.17) is 0 Å². The fourth-order valence-electron chi connectivity index (χ4n) is 13.7. The SMILES string of the molecule is C1CCN(C2CCCC3C4NC5NC(NC6NC(NC7NC(NC(N4)C32)C2CCCCC72)C2CCCCC62)C2CCCCC52)CC1.[Cu]. The molecule has 4 aliphatic carbocycles. The molecular weight excluding hydrogens is 634 g/mol. The maximum Gasteiger partial charge on any atom is 0.0643 e. The number of likely N-dealkylation sites (tertiary alicyclic amines) is 1. The average molecular weight is 700 g/mol. The van der Waals surface area contributed by atoms with Gasteiger partial charge in [-0.25, -0.2) is 0 Å². The predicted octanol–water partition coefficient (Wildman–Crippen LogP) is 3.07. The standard InChI is InChI=1S/C37H65N9.Cu/c1-8-19-46(20-9-1)28-18-10-17-27-29(28)37-44-35-26-16-7-6-15-25(26)33(42-35)40-31-22-12-3-2-11-21(22)30(38-31)39-32-23-13-4-5-14-24(23)34(41-32)43-36(27)45-37;/h21-45H,1-20H2;. The van der Waals surface area contributed by atoms with Crippen molar-refractivity contribution in [2.45, 2.75) is 171 Å². The molecule has 0 spiro atoms. The van der Waals surface area contributed by atoms with Gasteiger partial charge in [-0.1, -0.05) is 51.4 Å². The Morgan fingerprint density at radius 1 is 0.298 bits per heavy atom. The molecule has 6 heterocycles. The van der Waals surface area contributed by atoms with Crippen LogP contribution in [0.5, 0.6) is 0 Å². The Balaban J connectivity index is 0.00000302. The summed E-state index contributed by atoms with van der Waals surface area (Å²) in [6.07, 6.45) is 28.2. The van der Waals surface area contributed by atoms with Gasteiger partial charge in [-0.05, 0) is 119 Å².